The molecular formula is C19H12Cl2N6O2S2. The maximum absolute atomic E-state index is 13.0. The van der Waals surface area contributed by atoms with Crippen molar-refractivity contribution < 1.29 is 9.59 Å². The van der Waals surface area contributed by atoms with Crippen molar-refractivity contribution in [3.8, 4) is 0 Å². The van der Waals surface area contributed by atoms with Crippen LogP contribution in [0.5, 0.6) is 0 Å². The molecule has 0 bridgehead atoms. The van der Waals surface area contributed by atoms with E-state index in [0.717, 1.165) is 0 Å². The number of nitrogens with zero attached hydrogens (tertiary/aromatic N) is 4. The molecule has 2 N–H and O–H groups in total. The average Bonchev–Trinajstić information content (AvgIpc) is 3.30. The van der Waals surface area contributed by atoms with E-state index in [2.05, 4.69) is 20.4 Å². The Morgan fingerprint density at radius 1 is 0.742 bits per heavy atom. The van der Waals surface area contributed by atoms with Gasteiger partial charge < -0.3 is 0 Å². The van der Waals surface area contributed by atoms with Crippen LogP contribution in [0.15, 0.2) is 48.5 Å². The van der Waals surface area contributed by atoms with Gasteiger partial charge in [0.1, 0.15) is 11.6 Å². The van der Waals surface area contributed by atoms with Crippen molar-refractivity contribution >= 4 is 59.5 Å². The Balaban J connectivity index is 1.71. The lowest BCUT2D eigenvalue weighted by Crippen LogP contribution is -2.19. The SMILES string of the molecule is O=C(c1ccc(Cl)cc1)n1c(Cc2n[nH]c(=S)n2C(=O)c2ccc(Cl)cc2)n[nH]c1=S. The molecule has 2 aromatic heterocycles. The second-order valence-corrected chi connectivity index (χ2v) is 8.01. The fraction of sp³-hybridized carbons (Fsp3) is 0.0526. The number of H-pyrrole nitrogens is 2. The summed E-state index contributed by atoms with van der Waals surface area (Å²) in [6.07, 6.45) is 0.0128. The quantitative estimate of drug-likeness (QED) is 0.409. The molecule has 0 saturated heterocycles. The van der Waals surface area contributed by atoms with E-state index in [1.807, 2.05) is 0 Å². The summed E-state index contributed by atoms with van der Waals surface area (Å²) in [4.78, 5) is 26.0. The first-order valence-electron chi connectivity index (χ1n) is 8.78. The number of carbonyl (C=O) groups is 2. The monoisotopic (exact) mass is 490 g/mol. The third-order valence-electron chi connectivity index (χ3n) is 4.39. The highest BCUT2D eigenvalue weighted by atomic mass is 35.5. The van der Waals surface area contributed by atoms with Gasteiger partial charge in [0.15, 0.2) is 0 Å². The fourth-order valence-corrected chi connectivity index (χ4v) is 3.62. The van der Waals surface area contributed by atoms with Crippen LogP contribution < -0.4 is 0 Å². The summed E-state index contributed by atoms with van der Waals surface area (Å²) in [7, 11) is 0. The van der Waals surface area contributed by atoms with Crippen LogP contribution in [0, 0.1) is 9.54 Å². The van der Waals surface area contributed by atoms with Crippen LogP contribution in [-0.4, -0.2) is 41.3 Å². The first-order valence-corrected chi connectivity index (χ1v) is 10.4. The van der Waals surface area contributed by atoms with Crippen LogP contribution in [0.2, 0.25) is 10.0 Å². The highest BCUT2D eigenvalue weighted by Gasteiger charge is 2.21. The lowest BCUT2D eigenvalue weighted by molar-refractivity contribution is 0.0951. The van der Waals surface area contributed by atoms with E-state index < -0.39 is 11.8 Å². The van der Waals surface area contributed by atoms with Crippen molar-refractivity contribution in [2.24, 2.45) is 0 Å². The standard InChI is InChI=1S/C19H12Cl2N6O2S2/c20-12-5-1-10(2-6-12)16(28)26-14(22-24-18(26)30)9-15-23-25-19(31)27(15)17(29)11-3-7-13(21)8-4-11/h1-8H,9H2,(H,24,30)(H,25,31). The molecule has 0 radical (unpaired) electrons. The number of nitrogens with one attached hydrogen (secondary N) is 2. The highest BCUT2D eigenvalue weighted by Crippen LogP contribution is 2.16. The summed E-state index contributed by atoms with van der Waals surface area (Å²) in [6, 6.07) is 12.8. The average molecular weight is 491 g/mol. The number of hydrogen-bond acceptors (Lipinski definition) is 6. The first-order chi connectivity index (χ1) is 14.8. The predicted octanol–water partition coefficient (Wildman–Crippen LogP) is 4.47. The number of benzene rings is 2. The summed E-state index contributed by atoms with van der Waals surface area (Å²) in [5, 5.41) is 14.5. The normalized spacial score (nSPS) is 10.9. The molecule has 0 aliphatic carbocycles. The molecule has 0 fully saturated rings. The Hall–Kier alpha value is -2.92. The molecule has 31 heavy (non-hydrogen) atoms. The molecule has 0 atom stereocenters. The van der Waals surface area contributed by atoms with E-state index >= 15 is 0 Å². The minimum absolute atomic E-state index is 0.0128. The molecule has 4 rings (SSSR count). The smallest absolute Gasteiger partial charge is 0.265 e. The second kappa shape index (κ2) is 8.67. The topological polar surface area (TPSA) is 101 Å². The highest BCUT2D eigenvalue weighted by molar-refractivity contribution is 7.71. The van der Waals surface area contributed by atoms with Crippen LogP contribution >= 0.6 is 47.6 Å². The molecule has 0 aliphatic heterocycles. The van der Waals surface area contributed by atoms with E-state index in [-0.39, 0.29) is 27.6 Å². The Labute approximate surface area is 195 Å². The lowest BCUT2D eigenvalue weighted by atomic mass is 10.2. The van der Waals surface area contributed by atoms with Gasteiger partial charge >= 0.3 is 0 Å². The van der Waals surface area contributed by atoms with E-state index in [1.54, 1.807) is 48.5 Å². The summed E-state index contributed by atoms with van der Waals surface area (Å²) in [5.74, 6) is -0.251. The summed E-state index contributed by atoms with van der Waals surface area (Å²) < 4.78 is 2.71. The summed E-state index contributed by atoms with van der Waals surface area (Å²) in [5.41, 5.74) is 0.749. The Morgan fingerprint density at radius 2 is 1.10 bits per heavy atom. The number of carbonyl (C=O) groups excluding carboxylic acids is 2. The minimum Gasteiger partial charge on any atom is -0.268 e. The van der Waals surface area contributed by atoms with Crippen LogP contribution in [0.25, 0.3) is 0 Å². The van der Waals surface area contributed by atoms with Crippen molar-refractivity contribution in [1.29, 1.82) is 0 Å². The van der Waals surface area contributed by atoms with Crippen molar-refractivity contribution in [2.75, 3.05) is 0 Å². The Morgan fingerprint density at radius 3 is 1.45 bits per heavy atom. The van der Waals surface area contributed by atoms with Crippen molar-refractivity contribution in [2.45, 2.75) is 6.42 Å². The zero-order chi connectivity index (χ0) is 22.1. The predicted molar refractivity (Wildman–Crippen MR) is 120 cm³/mol. The minimum atomic E-state index is -0.393. The molecule has 12 heteroatoms. The van der Waals surface area contributed by atoms with Crippen LogP contribution in [0.1, 0.15) is 32.4 Å². The zero-order valence-corrected chi connectivity index (χ0v) is 18.6. The molecule has 0 saturated carbocycles. The lowest BCUT2D eigenvalue weighted by Gasteiger charge is -2.08. The molecule has 0 spiro atoms. The van der Waals surface area contributed by atoms with Gasteiger partial charge in [0, 0.05) is 21.2 Å². The van der Waals surface area contributed by atoms with Gasteiger partial charge in [0.2, 0.25) is 9.54 Å². The first kappa shape index (κ1) is 21.3. The van der Waals surface area contributed by atoms with Gasteiger partial charge in [-0.25, -0.2) is 9.13 Å². The van der Waals surface area contributed by atoms with Crippen molar-refractivity contribution in [1.82, 2.24) is 29.5 Å². The molecule has 0 unspecified atom stereocenters. The molecule has 2 heterocycles. The number of halogens is 2. The molecule has 0 aliphatic rings. The van der Waals surface area contributed by atoms with Gasteiger partial charge in [-0.3, -0.25) is 19.8 Å². The van der Waals surface area contributed by atoms with Crippen LogP contribution in [-0.2, 0) is 6.42 Å². The van der Waals surface area contributed by atoms with Gasteiger partial charge in [-0.15, -0.1) is 0 Å². The third-order valence-corrected chi connectivity index (χ3v) is 5.44. The number of aromatic nitrogens is 6. The van der Waals surface area contributed by atoms with E-state index in [0.29, 0.717) is 21.2 Å². The van der Waals surface area contributed by atoms with Gasteiger partial charge in [-0.05, 0) is 73.0 Å². The third kappa shape index (κ3) is 4.28. The van der Waals surface area contributed by atoms with Gasteiger partial charge in [0.25, 0.3) is 11.8 Å². The zero-order valence-electron chi connectivity index (χ0n) is 15.5. The fourth-order valence-electron chi connectivity index (χ4n) is 2.90. The maximum atomic E-state index is 13.0. The van der Waals surface area contributed by atoms with Crippen molar-refractivity contribution in [3.63, 3.8) is 0 Å². The number of rotatable bonds is 4. The number of aromatic amines is 2. The van der Waals surface area contributed by atoms with Gasteiger partial charge in [0.05, 0.1) is 6.42 Å². The van der Waals surface area contributed by atoms with Gasteiger partial charge in [-0.2, -0.15) is 10.2 Å². The largest absolute Gasteiger partial charge is 0.268 e. The van der Waals surface area contributed by atoms with Crippen molar-refractivity contribution in [3.05, 3.63) is 90.9 Å². The van der Waals surface area contributed by atoms with Gasteiger partial charge in [-0.1, -0.05) is 23.2 Å². The van der Waals surface area contributed by atoms with E-state index in [1.165, 1.54) is 9.13 Å². The molecule has 8 nitrogen and oxygen atoms in total. The molecule has 4 aromatic rings. The molecule has 156 valence electrons. The second-order valence-electron chi connectivity index (χ2n) is 6.36. The number of hydrogen-bond donors (Lipinski definition) is 2. The Kier molecular flexibility index (Phi) is 5.96. The summed E-state index contributed by atoms with van der Waals surface area (Å²) >= 11 is 22.3. The Bertz CT molecular complexity index is 1290. The maximum Gasteiger partial charge on any atom is 0.265 e. The van der Waals surface area contributed by atoms with Crippen LogP contribution in [0.4, 0.5) is 0 Å². The van der Waals surface area contributed by atoms with E-state index in [9.17, 15) is 9.59 Å². The van der Waals surface area contributed by atoms with Crippen LogP contribution in [0.3, 0.4) is 0 Å². The molecule has 0 amide bonds. The van der Waals surface area contributed by atoms with E-state index in [4.69, 9.17) is 47.6 Å². The summed E-state index contributed by atoms with van der Waals surface area (Å²) in [6.45, 7) is 0. The molecular weight excluding hydrogens is 479 g/mol. The molecule has 2 aromatic carbocycles.